The zero-order valence-electron chi connectivity index (χ0n) is 10.7. The number of amides is 1. The van der Waals surface area contributed by atoms with Crippen LogP contribution in [-0.2, 0) is 5.88 Å². The number of hydrogen-bond acceptors (Lipinski definition) is 1. The van der Waals surface area contributed by atoms with Crippen LogP contribution in [0.3, 0.4) is 0 Å². The number of hydrogen-bond donors (Lipinski definition) is 0. The first-order valence-electron chi connectivity index (χ1n) is 6.75. The van der Waals surface area contributed by atoms with Gasteiger partial charge in [0, 0.05) is 24.5 Å². The van der Waals surface area contributed by atoms with Crippen molar-refractivity contribution >= 4 is 17.5 Å². The summed E-state index contributed by atoms with van der Waals surface area (Å²) in [5.74, 6) is 0.663. The van der Waals surface area contributed by atoms with Crippen LogP contribution in [0.1, 0.15) is 48.0 Å². The van der Waals surface area contributed by atoms with Crippen LogP contribution >= 0.6 is 11.6 Å². The first-order valence-corrected chi connectivity index (χ1v) is 7.29. The quantitative estimate of drug-likeness (QED) is 0.744. The third-order valence-electron chi connectivity index (χ3n) is 3.50. The molecule has 1 aliphatic heterocycles. The van der Waals surface area contributed by atoms with Gasteiger partial charge < -0.3 is 4.90 Å². The largest absolute Gasteiger partial charge is 0.339 e. The molecule has 1 aromatic carbocycles. The Kier molecular flexibility index (Phi) is 5.06. The summed E-state index contributed by atoms with van der Waals surface area (Å²) < 4.78 is 0. The van der Waals surface area contributed by atoms with Gasteiger partial charge in [-0.25, -0.2) is 0 Å². The zero-order valence-corrected chi connectivity index (χ0v) is 11.5. The molecule has 98 valence electrons. The molecule has 0 N–H and O–H groups in total. The molecule has 1 aliphatic rings. The van der Waals surface area contributed by atoms with Crippen molar-refractivity contribution in [3.63, 3.8) is 0 Å². The molecule has 3 heteroatoms. The number of carbonyl (C=O) groups is 1. The van der Waals surface area contributed by atoms with E-state index in [1.165, 1.54) is 19.3 Å². The van der Waals surface area contributed by atoms with Gasteiger partial charge in [0.2, 0.25) is 0 Å². The zero-order chi connectivity index (χ0) is 12.8. The number of likely N-dealkylation sites (tertiary alicyclic amines) is 1. The van der Waals surface area contributed by atoms with Crippen LogP contribution in [0.4, 0.5) is 0 Å². The predicted molar refractivity (Wildman–Crippen MR) is 75.0 cm³/mol. The average molecular weight is 266 g/mol. The molecule has 0 spiro atoms. The smallest absolute Gasteiger partial charge is 0.253 e. The third-order valence-corrected chi connectivity index (χ3v) is 3.81. The summed E-state index contributed by atoms with van der Waals surface area (Å²) in [5.41, 5.74) is 1.84. The highest BCUT2D eigenvalue weighted by Gasteiger charge is 2.16. The second-order valence-corrected chi connectivity index (χ2v) is 5.16. The summed E-state index contributed by atoms with van der Waals surface area (Å²) in [7, 11) is 0. The van der Waals surface area contributed by atoms with E-state index < -0.39 is 0 Å². The van der Waals surface area contributed by atoms with Crippen LogP contribution in [0.5, 0.6) is 0 Å². The molecule has 1 heterocycles. The molecule has 0 atom stereocenters. The molecule has 0 aromatic heterocycles. The van der Waals surface area contributed by atoms with Crippen LogP contribution in [0, 0.1) is 0 Å². The molecule has 1 saturated heterocycles. The second-order valence-electron chi connectivity index (χ2n) is 4.89. The molecule has 0 aliphatic carbocycles. The van der Waals surface area contributed by atoms with Crippen LogP contribution in [0.15, 0.2) is 24.3 Å². The van der Waals surface area contributed by atoms with Crippen molar-refractivity contribution in [1.29, 1.82) is 0 Å². The van der Waals surface area contributed by atoms with Crippen LogP contribution in [-0.4, -0.2) is 23.9 Å². The Balaban J connectivity index is 2.03. The molecular formula is C15H20ClNO. The van der Waals surface area contributed by atoms with Crippen molar-refractivity contribution in [3.8, 4) is 0 Å². The fraction of sp³-hybridized carbons (Fsp3) is 0.533. The van der Waals surface area contributed by atoms with Crippen LogP contribution in [0.2, 0.25) is 0 Å². The van der Waals surface area contributed by atoms with Crippen LogP contribution < -0.4 is 0 Å². The fourth-order valence-electron chi connectivity index (χ4n) is 2.37. The van der Waals surface area contributed by atoms with E-state index in [9.17, 15) is 4.79 Å². The Morgan fingerprint density at radius 2 is 1.56 bits per heavy atom. The van der Waals surface area contributed by atoms with Gasteiger partial charge in [-0.15, -0.1) is 11.6 Å². The summed E-state index contributed by atoms with van der Waals surface area (Å²) in [6.07, 6.45) is 6.06. The van der Waals surface area contributed by atoms with Crippen molar-refractivity contribution in [2.24, 2.45) is 0 Å². The normalized spacial score (nSPS) is 17.1. The van der Waals surface area contributed by atoms with Gasteiger partial charge in [0.25, 0.3) is 5.91 Å². The Morgan fingerprint density at radius 1 is 1.00 bits per heavy atom. The maximum absolute atomic E-state index is 12.4. The van der Waals surface area contributed by atoms with Gasteiger partial charge in [-0.1, -0.05) is 31.4 Å². The van der Waals surface area contributed by atoms with Crippen molar-refractivity contribution in [3.05, 3.63) is 35.4 Å². The number of nitrogens with zero attached hydrogens (tertiary/aromatic N) is 1. The number of benzene rings is 1. The lowest BCUT2D eigenvalue weighted by Crippen LogP contribution is -2.33. The second kappa shape index (κ2) is 6.79. The standard InChI is InChI=1S/C15H20ClNO/c16-12-13-6-8-14(9-7-13)15(18)17-10-4-2-1-3-5-11-17/h6-9H,1-5,10-12H2. The summed E-state index contributed by atoms with van der Waals surface area (Å²) in [6, 6.07) is 7.65. The lowest BCUT2D eigenvalue weighted by Gasteiger charge is -2.24. The van der Waals surface area contributed by atoms with Gasteiger partial charge in [-0.05, 0) is 30.5 Å². The molecule has 1 aromatic rings. The van der Waals surface area contributed by atoms with Gasteiger partial charge in [0.05, 0.1) is 0 Å². The predicted octanol–water partition coefficient (Wildman–Crippen LogP) is 3.83. The lowest BCUT2D eigenvalue weighted by atomic mass is 10.1. The van der Waals surface area contributed by atoms with Gasteiger partial charge in [0.1, 0.15) is 0 Å². The molecule has 2 rings (SSSR count). The Hall–Kier alpha value is -1.02. The Morgan fingerprint density at radius 3 is 2.11 bits per heavy atom. The first kappa shape index (κ1) is 13.4. The molecule has 1 fully saturated rings. The van der Waals surface area contributed by atoms with Gasteiger partial charge in [-0.2, -0.15) is 0 Å². The van der Waals surface area contributed by atoms with E-state index in [4.69, 9.17) is 11.6 Å². The Bertz CT molecular complexity index is 380. The number of halogens is 1. The molecule has 0 radical (unpaired) electrons. The minimum Gasteiger partial charge on any atom is -0.339 e. The van der Waals surface area contributed by atoms with Crippen molar-refractivity contribution in [2.45, 2.75) is 38.0 Å². The maximum atomic E-state index is 12.4. The summed E-state index contributed by atoms with van der Waals surface area (Å²) in [6.45, 7) is 1.80. The van der Waals surface area contributed by atoms with E-state index in [1.807, 2.05) is 29.2 Å². The summed E-state index contributed by atoms with van der Waals surface area (Å²) >= 11 is 5.75. The minimum absolute atomic E-state index is 0.165. The van der Waals surface area contributed by atoms with E-state index in [2.05, 4.69) is 0 Å². The molecular weight excluding hydrogens is 246 g/mol. The lowest BCUT2D eigenvalue weighted by molar-refractivity contribution is 0.0742. The topological polar surface area (TPSA) is 20.3 Å². The SMILES string of the molecule is O=C(c1ccc(CCl)cc1)N1CCCCCCC1. The number of alkyl halides is 1. The van der Waals surface area contributed by atoms with Crippen molar-refractivity contribution in [2.75, 3.05) is 13.1 Å². The summed E-state index contributed by atoms with van der Waals surface area (Å²) in [5, 5.41) is 0. The van der Waals surface area contributed by atoms with Crippen molar-refractivity contribution in [1.82, 2.24) is 4.90 Å². The number of rotatable bonds is 2. The monoisotopic (exact) mass is 265 g/mol. The minimum atomic E-state index is 0.165. The molecule has 0 unspecified atom stereocenters. The van der Waals surface area contributed by atoms with Gasteiger partial charge in [-0.3, -0.25) is 4.79 Å². The molecule has 18 heavy (non-hydrogen) atoms. The van der Waals surface area contributed by atoms with Gasteiger partial charge >= 0.3 is 0 Å². The van der Waals surface area contributed by atoms with E-state index in [1.54, 1.807) is 0 Å². The highest BCUT2D eigenvalue weighted by Crippen LogP contribution is 2.14. The molecule has 0 saturated carbocycles. The molecule has 2 nitrogen and oxygen atoms in total. The van der Waals surface area contributed by atoms with Crippen LogP contribution in [0.25, 0.3) is 0 Å². The van der Waals surface area contributed by atoms with E-state index in [0.29, 0.717) is 5.88 Å². The summed E-state index contributed by atoms with van der Waals surface area (Å²) in [4.78, 5) is 14.4. The third kappa shape index (κ3) is 3.49. The van der Waals surface area contributed by atoms with E-state index in [0.717, 1.165) is 37.1 Å². The van der Waals surface area contributed by atoms with Crippen molar-refractivity contribution < 1.29 is 4.79 Å². The number of carbonyl (C=O) groups excluding carboxylic acids is 1. The highest BCUT2D eigenvalue weighted by molar-refractivity contribution is 6.17. The molecule has 0 bridgehead atoms. The average Bonchev–Trinajstić information content (AvgIpc) is 2.38. The Labute approximate surface area is 114 Å². The van der Waals surface area contributed by atoms with Gasteiger partial charge in [0.15, 0.2) is 0 Å². The fourth-order valence-corrected chi connectivity index (χ4v) is 2.55. The molecule has 1 amide bonds. The highest BCUT2D eigenvalue weighted by atomic mass is 35.5. The first-order chi connectivity index (χ1) is 8.81. The maximum Gasteiger partial charge on any atom is 0.253 e. The van der Waals surface area contributed by atoms with E-state index in [-0.39, 0.29) is 5.91 Å². The van der Waals surface area contributed by atoms with E-state index >= 15 is 0 Å².